The number of piperidine rings is 1. The first kappa shape index (κ1) is 22.0. The Balaban J connectivity index is 1.42. The highest BCUT2D eigenvalue weighted by Crippen LogP contribution is 2.21. The molecule has 2 fully saturated rings. The number of nitrogens with one attached hydrogen (secondary N) is 1. The summed E-state index contributed by atoms with van der Waals surface area (Å²) in [5.41, 5.74) is 4.41. The molecule has 0 unspecified atom stereocenters. The molecule has 2 aliphatic rings. The van der Waals surface area contributed by atoms with Gasteiger partial charge in [0.2, 0.25) is 0 Å². The van der Waals surface area contributed by atoms with Crippen molar-refractivity contribution in [1.82, 2.24) is 15.2 Å². The average Bonchev–Trinajstić information content (AvgIpc) is 2.75. The van der Waals surface area contributed by atoms with Crippen molar-refractivity contribution in [1.29, 1.82) is 0 Å². The van der Waals surface area contributed by atoms with E-state index in [0.29, 0.717) is 12.6 Å². The number of anilines is 1. The van der Waals surface area contributed by atoms with Gasteiger partial charge < -0.3 is 14.7 Å². The Morgan fingerprint density at radius 1 is 1.13 bits per heavy atom. The number of piperazine rings is 1. The fourth-order valence-corrected chi connectivity index (χ4v) is 4.07. The van der Waals surface area contributed by atoms with Crippen molar-refractivity contribution in [2.24, 2.45) is 5.10 Å². The zero-order chi connectivity index (χ0) is 21.3. The van der Waals surface area contributed by atoms with E-state index in [0.717, 1.165) is 57.7 Å². The minimum atomic E-state index is -0.741. The molecule has 0 bridgehead atoms. The smallest absolute Gasteiger partial charge is 0.427 e. The molecule has 2 heterocycles. The van der Waals surface area contributed by atoms with Gasteiger partial charge in [0.25, 0.3) is 0 Å². The van der Waals surface area contributed by atoms with E-state index >= 15 is 0 Å². The Morgan fingerprint density at radius 2 is 1.80 bits per heavy atom. The van der Waals surface area contributed by atoms with Crippen LogP contribution < -0.4 is 10.3 Å². The normalized spacial score (nSPS) is 19.2. The molecule has 1 aromatic carbocycles. The van der Waals surface area contributed by atoms with Gasteiger partial charge in [0.1, 0.15) is 0 Å². The number of benzene rings is 1. The highest BCUT2D eigenvalue weighted by Gasteiger charge is 2.28. The van der Waals surface area contributed by atoms with Crippen LogP contribution in [0, 0.1) is 0 Å². The topological polar surface area (TPSA) is 97.7 Å². The molecule has 0 radical (unpaired) electrons. The van der Waals surface area contributed by atoms with E-state index < -0.39 is 12.1 Å². The molecular formula is C21H31N5O4. The summed E-state index contributed by atoms with van der Waals surface area (Å²) in [6.07, 6.45) is 3.12. The van der Waals surface area contributed by atoms with Crippen molar-refractivity contribution in [2.45, 2.75) is 25.8 Å². The van der Waals surface area contributed by atoms with Gasteiger partial charge in [-0.25, -0.2) is 10.2 Å². The number of aliphatic carboxylic acids is 1. The molecule has 0 atom stereocenters. The molecule has 1 aromatic rings. The molecule has 30 heavy (non-hydrogen) atoms. The summed E-state index contributed by atoms with van der Waals surface area (Å²) in [6, 6.07) is 8.67. The van der Waals surface area contributed by atoms with Crippen LogP contribution in [0.25, 0.3) is 0 Å². The molecule has 2 N–H and O–H groups in total. The molecule has 9 heteroatoms. The van der Waals surface area contributed by atoms with Crippen LogP contribution in [-0.2, 0) is 9.53 Å². The van der Waals surface area contributed by atoms with E-state index in [2.05, 4.69) is 32.5 Å². The van der Waals surface area contributed by atoms with Crippen molar-refractivity contribution < 1.29 is 19.4 Å². The Kier molecular flexibility index (Phi) is 8.04. The highest BCUT2D eigenvalue weighted by atomic mass is 16.5. The number of carbonyl (C=O) groups excluding carboxylic acids is 1. The van der Waals surface area contributed by atoms with Crippen LogP contribution in [0.3, 0.4) is 0 Å². The summed E-state index contributed by atoms with van der Waals surface area (Å²) in [5.74, 6) is -0.741. The molecule has 0 saturated carbocycles. The molecule has 0 spiro atoms. The number of hydrogen-bond acceptors (Lipinski definition) is 7. The summed E-state index contributed by atoms with van der Waals surface area (Å²) >= 11 is 0. The third-order valence-electron chi connectivity index (χ3n) is 5.65. The van der Waals surface area contributed by atoms with E-state index in [1.807, 2.05) is 17.0 Å². The quantitative estimate of drug-likeness (QED) is 0.512. The number of carboxylic acid groups (broad SMARTS) is 1. The first-order valence-electron chi connectivity index (χ1n) is 10.5. The van der Waals surface area contributed by atoms with Gasteiger partial charge in [0.05, 0.1) is 19.4 Å². The number of rotatable bonds is 7. The predicted molar refractivity (Wildman–Crippen MR) is 115 cm³/mol. The maximum absolute atomic E-state index is 11.2. The lowest BCUT2D eigenvalue weighted by Crippen LogP contribution is -2.53. The molecule has 3 rings (SSSR count). The maximum Gasteiger partial charge on any atom is 0.427 e. The monoisotopic (exact) mass is 417 g/mol. The van der Waals surface area contributed by atoms with Gasteiger partial charge in [0, 0.05) is 51.0 Å². The molecule has 164 valence electrons. The van der Waals surface area contributed by atoms with Crippen LogP contribution >= 0.6 is 0 Å². The number of ether oxygens (including phenoxy) is 1. The number of hydrazone groups is 1. The van der Waals surface area contributed by atoms with Gasteiger partial charge in [-0.15, -0.1) is 0 Å². The van der Waals surface area contributed by atoms with Crippen molar-refractivity contribution in [3.05, 3.63) is 29.8 Å². The summed E-state index contributed by atoms with van der Waals surface area (Å²) in [4.78, 5) is 29.0. The standard InChI is InChI=1S/C21H31N5O4/c1-2-30-21(29)23-22-15-17-3-5-18(6-4-17)25-11-13-26(14-12-25)19-7-9-24(10-8-19)16-20(27)28/h3-6,15,19H,2,7-14,16H2,1H3,(H,23,29)(H,27,28). The summed E-state index contributed by atoms with van der Waals surface area (Å²) in [7, 11) is 0. The summed E-state index contributed by atoms with van der Waals surface area (Å²) in [6.45, 7) is 7.95. The Labute approximate surface area is 177 Å². The van der Waals surface area contributed by atoms with Crippen LogP contribution in [0.15, 0.2) is 29.4 Å². The van der Waals surface area contributed by atoms with Gasteiger partial charge in [-0.05, 0) is 37.5 Å². The van der Waals surface area contributed by atoms with Crippen LogP contribution in [-0.4, -0.2) is 91.6 Å². The minimum Gasteiger partial charge on any atom is -0.480 e. The zero-order valence-corrected chi connectivity index (χ0v) is 17.5. The lowest BCUT2D eigenvalue weighted by atomic mass is 10.0. The van der Waals surface area contributed by atoms with Gasteiger partial charge in [-0.2, -0.15) is 5.10 Å². The van der Waals surface area contributed by atoms with Crippen molar-refractivity contribution in [2.75, 3.05) is 57.3 Å². The van der Waals surface area contributed by atoms with Crippen LogP contribution in [0.5, 0.6) is 0 Å². The number of nitrogens with zero attached hydrogens (tertiary/aromatic N) is 4. The second-order valence-corrected chi connectivity index (χ2v) is 7.61. The Bertz CT molecular complexity index is 723. The second kappa shape index (κ2) is 10.9. The molecule has 2 saturated heterocycles. The zero-order valence-electron chi connectivity index (χ0n) is 17.5. The number of carbonyl (C=O) groups is 2. The second-order valence-electron chi connectivity index (χ2n) is 7.61. The van der Waals surface area contributed by atoms with E-state index in [-0.39, 0.29) is 6.54 Å². The first-order chi connectivity index (χ1) is 14.5. The summed E-state index contributed by atoms with van der Waals surface area (Å²) in [5, 5.41) is 12.8. The SMILES string of the molecule is CCOC(=O)NN=Cc1ccc(N2CCN(C3CCN(CC(=O)O)CC3)CC2)cc1. The molecule has 2 aliphatic heterocycles. The van der Waals surface area contributed by atoms with Crippen LogP contribution in [0.4, 0.5) is 10.5 Å². The third-order valence-corrected chi connectivity index (χ3v) is 5.65. The van der Waals surface area contributed by atoms with Gasteiger partial charge >= 0.3 is 12.1 Å². The van der Waals surface area contributed by atoms with E-state index in [4.69, 9.17) is 9.84 Å². The first-order valence-corrected chi connectivity index (χ1v) is 10.5. The number of carboxylic acids is 1. The lowest BCUT2D eigenvalue weighted by Gasteiger charge is -2.43. The van der Waals surface area contributed by atoms with Gasteiger partial charge in [-0.1, -0.05) is 12.1 Å². The average molecular weight is 418 g/mol. The lowest BCUT2D eigenvalue weighted by molar-refractivity contribution is -0.138. The van der Waals surface area contributed by atoms with E-state index in [1.165, 1.54) is 5.69 Å². The number of likely N-dealkylation sites (tertiary alicyclic amines) is 1. The molecule has 0 aliphatic carbocycles. The Hall–Kier alpha value is -2.65. The predicted octanol–water partition coefficient (Wildman–Crippen LogP) is 1.44. The van der Waals surface area contributed by atoms with E-state index in [1.54, 1.807) is 13.1 Å². The molecule has 0 aromatic heterocycles. The minimum absolute atomic E-state index is 0.153. The largest absolute Gasteiger partial charge is 0.480 e. The van der Waals surface area contributed by atoms with Gasteiger partial charge in [-0.3, -0.25) is 14.6 Å². The maximum atomic E-state index is 11.2. The summed E-state index contributed by atoms with van der Waals surface area (Å²) < 4.78 is 4.75. The number of hydrogen-bond donors (Lipinski definition) is 2. The highest BCUT2D eigenvalue weighted by molar-refractivity contribution is 5.81. The fourth-order valence-electron chi connectivity index (χ4n) is 4.07. The van der Waals surface area contributed by atoms with Gasteiger partial charge in [0.15, 0.2) is 0 Å². The molecular weight excluding hydrogens is 386 g/mol. The Morgan fingerprint density at radius 3 is 2.40 bits per heavy atom. The number of amides is 1. The molecule has 9 nitrogen and oxygen atoms in total. The third kappa shape index (κ3) is 6.43. The fraction of sp³-hybridized carbons (Fsp3) is 0.571. The van der Waals surface area contributed by atoms with Crippen molar-refractivity contribution in [3.63, 3.8) is 0 Å². The van der Waals surface area contributed by atoms with E-state index in [9.17, 15) is 9.59 Å². The van der Waals surface area contributed by atoms with Crippen LogP contribution in [0.1, 0.15) is 25.3 Å². The van der Waals surface area contributed by atoms with Crippen LogP contribution in [0.2, 0.25) is 0 Å². The van der Waals surface area contributed by atoms with Crippen molar-refractivity contribution >= 4 is 24.0 Å². The molecule has 1 amide bonds. The van der Waals surface area contributed by atoms with Crippen molar-refractivity contribution in [3.8, 4) is 0 Å².